The molecule has 0 N–H and O–H groups in total. The predicted octanol–water partition coefficient (Wildman–Crippen LogP) is 2.08. The summed E-state index contributed by atoms with van der Waals surface area (Å²) in [6.07, 6.45) is 4.20. The molecular weight excluding hydrogens is 292 g/mol. The first-order valence-electron chi connectivity index (χ1n) is 8.03. The highest BCUT2D eigenvalue weighted by Gasteiger charge is 2.29. The molecule has 23 heavy (non-hydrogen) atoms. The number of pyridine rings is 1. The molecule has 2 unspecified atom stereocenters. The van der Waals surface area contributed by atoms with E-state index in [2.05, 4.69) is 10.1 Å². The zero-order chi connectivity index (χ0) is 16.4. The standard InChI is InChI=1S/C17H22N4O2/c1-4-15-14(9-19-21(15)16-7-5-6-8-18-16)17(22)20-10-12(2)23-13(3)11-20/h5-9,12-13H,4,10-11H2,1-3H3. The molecule has 122 valence electrons. The van der Waals surface area contributed by atoms with E-state index in [1.807, 2.05) is 43.9 Å². The molecule has 2 atom stereocenters. The SMILES string of the molecule is CCc1c(C(=O)N2CC(C)OC(C)C2)cnn1-c1ccccn1. The molecule has 1 fully saturated rings. The van der Waals surface area contributed by atoms with Crippen LogP contribution in [0.4, 0.5) is 0 Å². The van der Waals surface area contributed by atoms with Gasteiger partial charge < -0.3 is 9.64 Å². The molecule has 1 amide bonds. The summed E-state index contributed by atoms with van der Waals surface area (Å²) in [5, 5.41) is 4.39. The lowest BCUT2D eigenvalue weighted by atomic mass is 10.1. The Morgan fingerprint density at radius 2 is 2.04 bits per heavy atom. The van der Waals surface area contributed by atoms with Crippen molar-refractivity contribution in [3.8, 4) is 5.82 Å². The fourth-order valence-electron chi connectivity index (χ4n) is 3.08. The van der Waals surface area contributed by atoms with E-state index < -0.39 is 0 Å². The summed E-state index contributed by atoms with van der Waals surface area (Å²) >= 11 is 0. The molecule has 1 aliphatic heterocycles. The second-order valence-electron chi connectivity index (χ2n) is 5.93. The van der Waals surface area contributed by atoms with Gasteiger partial charge in [-0.25, -0.2) is 9.67 Å². The van der Waals surface area contributed by atoms with Gasteiger partial charge in [0.1, 0.15) is 0 Å². The third kappa shape index (κ3) is 3.12. The van der Waals surface area contributed by atoms with E-state index in [1.54, 1.807) is 17.1 Å². The Labute approximate surface area is 136 Å². The molecule has 6 nitrogen and oxygen atoms in total. The predicted molar refractivity (Wildman–Crippen MR) is 86.6 cm³/mol. The van der Waals surface area contributed by atoms with Crippen LogP contribution in [0.15, 0.2) is 30.6 Å². The average molecular weight is 314 g/mol. The van der Waals surface area contributed by atoms with Crippen LogP contribution in [0, 0.1) is 0 Å². The Kier molecular flexibility index (Phi) is 4.43. The van der Waals surface area contributed by atoms with Crippen molar-refractivity contribution in [1.29, 1.82) is 0 Å². The third-order valence-electron chi connectivity index (χ3n) is 4.01. The van der Waals surface area contributed by atoms with Gasteiger partial charge >= 0.3 is 0 Å². The van der Waals surface area contributed by atoms with E-state index in [-0.39, 0.29) is 18.1 Å². The highest BCUT2D eigenvalue weighted by Crippen LogP contribution is 2.19. The number of hydrogen-bond acceptors (Lipinski definition) is 4. The molecule has 1 saturated heterocycles. The number of nitrogens with zero attached hydrogens (tertiary/aromatic N) is 4. The lowest BCUT2D eigenvalue weighted by molar-refractivity contribution is -0.0586. The molecule has 0 bridgehead atoms. The Hall–Kier alpha value is -2.21. The smallest absolute Gasteiger partial charge is 0.257 e. The largest absolute Gasteiger partial charge is 0.372 e. The molecular formula is C17H22N4O2. The highest BCUT2D eigenvalue weighted by molar-refractivity contribution is 5.95. The Morgan fingerprint density at radius 3 is 2.65 bits per heavy atom. The van der Waals surface area contributed by atoms with Crippen LogP contribution in [0.1, 0.15) is 36.8 Å². The van der Waals surface area contributed by atoms with Crippen molar-refractivity contribution >= 4 is 5.91 Å². The number of amides is 1. The molecule has 2 aromatic heterocycles. The molecule has 0 saturated carbocycles. The number of carbonyl (C=O) groups is 1. The lowest BCUT2D eigenvalue weighted by Gasteiger charge is -2.35. The molecule has 0 aromatic carbocycles. The molecule has 3 rings (SSSR count). The van der Waals surface area contributed by atoms with Crippen molar-refractivity contribution in [3.63, 3.8) is 0 Å². The van der Waals surface area contributed by atoms with Gasteiger partial charge in [-0.15, -0.1) is 0 Å². The van der Waals surface area contributed by atoms with Crippen molar-refractivity contribution in [3.05, 3.63) is 41.9 Å². The maximum absolute atomic E-state index is 12.9. The van der Waals surface area contributed by atoms with Gasteiger partial charge in [0.25, 0.3) is 5.91 Å². The molecule has 3 heterocycles. The van der Waals surface area contributed by atoms with Gasteiger partial charge in [0.05, 0.1) is 29.7 Å². The van der Waals surface area contributed by atoms with Gasteiger partial charge in [0, 0.05) is 19.3 Å². The van der Waals surface area contributed by atoms with Crippen LogP contribution in [0.2, 0.25) is 0 Å². The fraction of sp³-hybridized carbons (Fsp3) is 0.471. The van der Waals surface area contributed by atoms with Gasteiger partial charge in [-0.05, 0) is 32.4 Å². The minimum atomic E-state index is 0.0195. The van der Waals surface area contributed by atoms with Crippen LogP contribution < -0.4 is 0 Å². The Balaban J connectivity index is 1.91. The fourth-order valence-corrected chi connectivity index (χ4v) is 3.08. The summed E-state index contributed by atoms with van der Waals surface area (Å²) in [7, 11) is 0. The Bertz CT molecular complexity index is 673. The molecule has 0 aliphatic carbocycles. The first-order valence-corrected chi connectivity index (χ1v) is 8.03. The highest BCUT2D eigenvalue weighted by atomic mass is 16.5. The topological polar surface area (TPSA) is 60.3 Å². The average Bonchev–Trinajstić information content (AvgIpc) is 2.98. The van der Waals surface area contributed by atoms with E-state index in [0.717, 1.165) is 11.5 Å². The molecule has 6 heteroatoms. The van der Waals surface area contributed by atoms with Crippen LogP contribution in [0.3, 0.4) is 0 Å². The molecule has 1 aliphatic rings. The summed E-state index contributed by atoms with van der Waals surface area (Å²) in [6.45, 7) is 7.24. The summed E-state index contributed by atoms with van der Waals surface area (Å²) in [6, 6.07) is 5.66. The monoisotopic (exact) mass is 314 g/mol. The second kappa shape index (κ2) is 6.50. The zero-order valence-electron chi connectivity index (χ0n) is 13.8. The number of rotatable bonds is 3. The van der Waals surface area contributed by atoms with E-state index in [1.165, 1.54) is 0 Å². The summed E-state index contributed by atoms with van der Waals surface area (Å²) in [5.41, 5.74) is 1.54. The van der Waals surface area contributed by atoms with Gasteiger partial charge in [0.15, 0.2) is 5.82 Å². The lowest BCUT2D eigenvalue weighted by Crippen LogP contribution is -2.48. The number of ether oxygens (including phenoxy) is 1. The first-order chi connectivity index (χ1) is 11.1. The van der Waals surface area contributed by atoms with Gasteiger partial charge in [-0.2, -0.15) is 5.10 Å². The molecule has 0 spiro atoms. The first kappa shape index (κ1) is 15.7. The summed E-state index contributed by atoms with van der Waals surface area (Å²) in [4.78, 5) is 19.1. The van der Waals surface area contributed by atoms with Crippen LogP contribution in [0.5, 0.6) is 0 Å². The number of carbonyl (C=O) groups excluding carboxylic acids is 1. The quantitative estimate of drug-likeness (QED) is 0.870. The number of morpholine rings is 1. The van der Waals surface area contributed by atoms with Gasteiger partial charge in [0.2, 0.25) is 0 Å². The van der Waals surface area contributed by atoms with E-state index in [0.29, 0.717) is 25.1 Å². The number of aromatic nitrogens is 3. The summed E-state index contributed by atoms with van der Waals surface area (Å²) in [5.74, 6) is 0.748. The zero-order valence-corrected chi connectivity index (χ0v) is 13.8. The van der Waals surface area contributed by atoms with E-state index in [9.17, 15) is 4.79 Å². The van der Waals surface area contributed by atoms with Crippen LogP contribution in [-0.4, -0.2) is 50.9 Å². The van der Waals surface area contributed by atoms with Gasteiger partial charge in [-0.1, -0.05) is 13.0 Å². The van der Waals surface area contributed by atoms with Crippen molar-refractivity contribution < 1.29 is 9.53 Å². The van der Waals surface area contributed by atoms with Crippen molar-refractivity contribution in [2.24, 2.45) is 0 Å². The van der Waals surface area contributed by atoms with E-state index in [4.69, 9.17) is 4.74 Å². The third-order valence-corrected chi connectivity index (χ3v) is 4.01. The van der Waals surface area contributed by atoms with Crippen molar-refractivity contribution in [2.75, 3.05) is 13.1 Å². The molecule has 0 radical (unpaired) electrons. The van der Waals surface area contributed by atoms with Crippen LogP contribution in [-0.2, 0) is 11.2 Å². The van der Waals surface area contributed by atoms with Crippen molar-refractivity contribution in [2.45, 2.75) is 39.4 Å². The maximum Gasteiger partial charge on any atom is 0.257 e. The van der Waals surface area contributed by atoms with E-state index >= 15 is 0 Å². The van der Waals surface area contributed by atoms with Crippen molar-refractivity contribution in [1.82, 2.24) is 19.7 Å². The summed E-state index contributed by atoms with van der Waals surface area (Å²) < 4.78 is 7.46. The second-order valence-corrected chi connectivity index (χ2v) is 5.93. The maximum atomic E-state index is 12.9. The van der Waals surface area contributed by atoms with Crippen LogP contribution in [0.25, 0.3) is 5.82 Å². The minimum Gasteiger partial charge on any atom is -0.372 e. The van der Waals surface area contributed by atoms with Gasteiger partial charge in [-0.3, -0.25) is 4.79 Å². The normalized spacial score (nSPS) is 21.4. The van der Waals surface area contributed by atoms with Crippen LogP contribution >= 0.6 is 0 Å². The Morgan fingerprint density at radius 1 is 1.30 bits per heavy atom. The minimum absolute atomic E-state index is 0.0195. The molecule has 2 aromatic rings. The number of hydrogen-bond donors (Lipinski definition) is 0.